The topological polar surface area (TPSA) is 175 Å². The van der Waals surface area contributed by atoms with Crippen LogP contribution in [0.25, 0.3) is 0 Å². The van der Waals surface area contributed by atoms with Gasteiger partial charge in [-0.15, -0.1) is 0 Å². The van der Waals surface area contributed by atoms with Crippen molar-refractivity contribution in [2.24, 2.45) is 14.1 Å². The number of unbranched alkanes of at least 4 members (excludes halogenated alkanes) is 1. The van der Waals surface area contributed by atoms with E-state index in [1.165, 1.54) is 24.0 Å². The summed E-state index contributed by atoms with van der Waals surface area (Å²) in [5.74, 6) is -0.537. The van der Waals surface area contributed by atoms with E-state index in [1.54, 1.807) is 11.6 Å². The molecule has 14 heteroatoms. The summed E-state index contributed by atoms with van der Waals surface area (Å²) < 4.78 is 2.90. The average Bonchev–Trinajstić information content (AvgIpc) is 3.26. The van der Waals surface area contributed by atoms with Gasteiger partial charge in [0.2, 0.25) is 0 Å². The number of amides is 1. The maximum Gasteiger partial charge on any atom is 0.383 e. The molecule has 30 heavy (non-hydrogen) atoms. The van der Waals surface area contributed by atoms with Crippen molar-refractivity contribution < 1.29 is 14.6 Å². The lowest BCUT2D eigenvalue weighted by Crippen LogP contribution is -2.29. The van der Waals surface area contributed by atoms with E-state index in [0.29, 0.717) is 32.0 Å². The van der Waals surface area contributed by atoms with Gasteiger partial charge in [0.1, 0.15) is 12.4 Å². The quantitative estimate of drug-likeness (QED) is 0.236. The first kappa shape index (κ1) is 22.7. The van der Waals surface area contributed by atoms with E-state index >= 15 is 0 Å². The minimum absolute atomic E-state index is 0.000188. The number of carbonyl (C=O) groups excluding carboxylic acids is 1. The molecule has 2 heterocycles. The van der Waals surface area contributed by atoms with E-state index < -0.39 is 15.8 Å². The van der Waals surface area contributed by atoms with Crippen LogP contribution in [0.1, 0.15) is 29.9 Å². The van der Waals surface area contributed by atoms with E-state index in [-0.39, 0.29) is 17.5 Å². The first-order chi connectivity index (χ1) is 14.3. The summed E-state index contributed by atoms with van der Waals surface area (Å²) in [5, 5.41) is 30.4. The van der Waals surface area contributed by atoms with Crippen molar-refractivity contribution in [1.82, 2.24) is 29.7 Å². The van der Waals surface area contributed by atoms with E-state index in [1.807, 2.05) is 0 Å². The summed E-state index contributed by atoms with van der Waals surface area (Å²) in [6.07, 6.45) is 5.02. The molecular formula is C16H25N9O5. The van der Waals surface area contributed by atoms with Crippen LogP contribution in [-0.4, -0.2) is 61.0 Å². The summed E-state index contributed by atoms with van der Waals surface area (Å²) in [5.41, 5.74) is 0. The Morgan fingerprint density at radius 1 is 0.933 bits per heavy atom. The minimum Gasteiger partial charge on any atom is -0.358 e. The smallest absolute Gasteiger partial charge is 0.358 e. The van der Waals surface area contributed by atoms with E-state index in [0.717, 1.165) is 19.4 Å². The van der Waals surface area contributed by atoms with Gasteiger partial charge >= 0.3 is 29.3 Å². The number of anilines is 1. The van der Waals surface area contributed by atoms with Crippen LogP contribution >= 0.6 is 0 Å². The molecule has 0 unspecified atom stereocenters. The van der Waals surface area contributed by atoms with E-state index in [2.05, 4.69) is 25.9 Å². The van der Waals surface area contributed by atoms with Crippen LogP contribution in [0.4, 0.5) is 17.6 Å². The van der Waals surface area contributed by atoms with Crippen LogP contribution < -0.4 is 16.0 Å². The number of nitrogens with zero attached hydrogens (tertiary/aromatic N) is 6. The molecule has 0 spiro atoms. The molecule has 0 bridgehead atoms. The van der Waals surface area contributed by atoms with Crippen LogP contribution in [0.15, 0.2) is 12.4 Å². The predicted octanol–water partition coefficient (Wildman–Crippen LogP) is 0.572. The van der Waals surface area contributed by atoms with Gasteiger partial charge in [0.05, 0.1) is 0 Å². The highest BCUT2D eigenvalue weighted by molar-refractivity contribution is 5.91. The summed E-state index contributed by atoms with van der Waals surface area (Å²) in [6.45, 7) is 2.57. The Bertz CT molecular complexity index is 892. The molecule has 14 nitrogen and oxygen atoms in total. The van der Waals surface area contributed by atoms with Gasteiger partial charge in [-0.2, -0.15) is 0 Å². The van der Waals surface area contributed by atoms with Gasteiger partial charge in [-0.25, -0.2) is 0 Å². The van der Waals surface area contributed by atoms with Crippen LogP contribution in [0, 0.1) is 20.2 Å². The maximum atomic E-state index is 12.0. The molecule has 0 saturated carbocycles. The third-order valence-corrected chi connectivity index (χ3v) is 4.18. The molecule has 164 valence electrons. The molecule has 0 aliphatic rings. The van der Waals surface area contributed by atoms with Gasteiger partial charge in [-0.3, -0.25) is 9.36 Å². The first-order valence-corrected chi connectivity index (χ1v) is 9.38. The van der Waals surface area contributed by atoms with E-state index in [9.17, 15) is 25.0 Å². The number of nitrogens with one attached hydrogen (secondary N) is 3. The lowest BCUT2D eigenvalue weighted by Gasteiger charge is -2.06. The van der Waals surface area contributed by atoms with Crippen LogP contribution in [0.3, 0.4) is 0 Å². The first-order valence-electron chi connectivity index (χ1n) is 9.38. The molecule has 0 saturated heterocycles. The van der Waals surface area contributed by atoms with Gasteiger partial charge in [-0.05, 0) is 47.2 Å². The maximum absolute atomic E-state index is 12.0. The third kappa shape index (κ3) is 6.51. The largest absolute Gasteiger partial charge is 0.383 e. The molecule has 0 atom stereocenters. The molecule has 0 aromatic carbocycles. The Kier molecular flexibility index (Phi) is 8.22. The molecule has 0 radical (unpaired) electrons. The number of hydrogen-bond acceptors (Lipinski definition) is 9. The predicted molar refractivity (Wildman–Crippen MR) is 107 cm³/mol. The van der Waals surface area contributed by atoms with Crippen molar-refractivity contribution in [2.75, 3.05) is 31.5 Å². The molecule has 0 fully saturated rings. The Labute approximate surface area is 172 Å². The second kappa shape index (κ2) is 10.8. The van der Waals surface area contributed by atoms with Crippen molar-refractivity contribution in [2.45, 2.75) is 19.3 Å². The zero-order valence-electron chi connectivity index (χ0n) is 16.8. The number of aromatic nitrogens is 4. The van der Waals surface area contributed by atoms with Crippen molar-refractivity contribution in [3.8, 4) is 0 Å². The van der Waals surface area contributed by atoms with Crippen LogP contribution in [0.5, 0.6) is 0 Å². The molecule has 0 aliphatic carbocycles. The molecule has 2 aromatic heterocycles. The second-order valence-corrected chi connectivity index (χ2v) is 6.57. The van der Waals surface area contributed by atoms with Gasteiger partial charge < -0.3 is 40.7 Å². The number of rotatable bonds is 13. The third-order valence-electron chi connectivity index (χ3n) is 4.18. The van der Waals surface area contributed by atoms with Crippen molar-refractivity contribution >= 4 is 23.5 Å². The highest BCUT2D eigenvalue weighted by Gasteiger charge is 2.22. The Balaban J connectivity index is 1.52. The Hall–Kier alpha value is -3.55. The minimum atomic E-state index is -0.642. The standard InChI is InChI=1S/C16H25N9O5/c1-22-10-12(24(27)28)20-14(22)15(26)18-9-5-7-17-6-3-4-8-19-16-21-13(25(29)30)11-23(16)2/h10-11,17H,3-9H2,1-2H3,(H,18,26)(H,19,21). The fourth-order valence-corrected chi connectivity index (χ4v) is 2.65. The highest BCUT2D eigenvalue weighted by atomic mass is 16.6. The van der Waals surface area contributed by atoms with Gasteiger partial charge in [0.25, 0.3) is 0 Å². The summed E-state index contributed by atoms with van der Waals surface area (Å²) in [7, 11) is 3.22. The summed E-state index contributed by atoms with van der Waals surface area (Å²) in [4.78, 5) is 39.8. The lowest BCUT2D eigenvalue weighted by molar-refractivity contribution is -0.389. The summed E-state index contributed by atoms with van der Waals surface area (Å²) >= 11 is 0. The molecule has 2 aromatic rings. The molecule has 3 N–H and O–H groups in total. The van der Waals surface area contributed by atoms with Gasteiger partial charge in [0.15, 0.2) is 0 Å². The van der Waals surface area contributed by atoms with Gasteiger partial charge in [0, 0.05) is 32.2 Å². The van der Waals surface area contributed by atoms with Crippen LogP contribution in [0.2, 0.25) is 0 Å². The zero-order valence-corrected chi connectivity index (χ0v) is 16.8. The number of hydrogen-bond donors (Lipinski definition) is 3. The van der Waals surface area contributed by atoms with Crippen LogP contribution in [-0.2, 0) is 14.1 Å². The van der Waals surface area contributed by atoms with E-state index in [4.69, 9.17) is 0 Å². The highest BCUT2D eigenvalue weighted by Crippen LogP contribution is 2.13. The second-order valence-electron chi connectivity index (χ2n) is 6.57. The zero-order chi connectivity index (χ0) is 22.1. The normalized spacial score (nSPS) is 10.7. The average molecular weight is 423 g/mol. The molecule has 0 aliphatic heterocycles. The number of aryl methyl sites for hydroxylation is 2. The SMILES string of the molecule is Cn1cc([N+](=O)[O-])nc1NCCCCNCCCNC(=O)c1nc([N+](=O)[O-])cn1C. The fourth-order valence-electron chi connectivity index (χ4n) is 2.65. The molecule has 2 rings (SSSR count). The molecular weight excluding hydrogens is 398 g/mol. The number of imidazole rings is 2. The van der Waals surface area contributed by atoms with Crippen molar-refractivity contribution in [1.29, 1.82) is 0 Å². The summed E-state index contributed by atoms with van der Waals surface area (Å²) in [6, 6.07) is 0. The Morgan fingerprint density at radius 3 is 2.17 bits per heavy atom. The lowest BCUT2D eigenvalue weighted by atomic mass is 10.3. The van der Waals surface area contributed by atoms with Gasteiger partial charge in [-0.1, -0.05) is 0 Å². The molecule has 1 amide bonds. The van der Waals surface area contributed by atoms with Crippen molar-refractivity contribution in [3.05, 3.63) is 38.4 Å². The Morgan fingerprint density at radius 2 is 1.53 bits per heavy atom. The number of nitro groups is 2. The fraction of sp³-hybridized carbons (Fsp3) is 0.562. The van der Waals surface area contributed by atoms with Crippen molar-refractivity contribution in [3.63, 3.8) is 0 Å². The monoisotopic (exact) mass is 423 g/mol. The number of carbonyl (C=O) groups is 1.